The van der Waals surface area contributed by atoms with E-state index in [0.29, 0.717) is 6.61 Å². The molecule has 20 heavy (non-hydrogen) atoms. The van der Waals surface area contributed by atoms with E-state index < -0.39 is 0 Å². The molecule has 3 aromatic rings. The van der Waals surface area contributed by atoms with Crippen molar-refractivity contribution in [1.82, 2.24) is 4.98 Å². The Balaban J connectivity index is 1.91. The number of pyridine rings is 1. The summed E-state index contributed by atoms with van der Waals surface area (Å²) >= 11 is 2.31. The number of aromatic nitrogens is 1. The van der Waals surface area contributed by atoms with Crippen LogP contribution in [0.15, 0.2) is 54.9 Å². The van der Waals surface area contributed by atoms with E-state index in [9.17, 15) is 0 Å². The summed E-state index contributed by atoms with van der Waals surface area (Å²) in [6, 6.07) is 14.4. The van der Waals surface area contributed by atoms with Gasteiger partial charge in [0, 0.05) is 26.7 Å². The third-order valence-electron chi connectivity index (χ3n) is 3.26. The zero-order valence-corrected chi connectivity index (χ0v) is 13.3. The zero-order valence-electron chi connectivity index (χ0n) is 11.1. The zero-order chi connectivity index (χ0) is 13.9. The first kappa shape index (κ1) is 13.4. The molecule has 3 heteroatoms. The Morgan fingerprint density at radius 3 is 2.65 bits per heavy atom. The maximum absolute atomic E-state index is 5.91. The third kappa shape index (κ3) is 2.77. The summed E-state index contributed by atoms with van der Waals surface area (Å²) in [5.41, 5.74) is 2.37. The highest BCUT2D eigenvalue weighted by Crippen LogP contribution is 2.28. The molecule has 0 bridgehead atoms. The van der Waals surface area contributed by atoms with Gasteiger partial charge in [0.25, 0.3) is 0 Å². The molecule has 1 aromatic heterocycles. The third-order valence-corrected chi connectivity index (χ3v) is 4.12. The number of aryl methyl sites for hydroxylation is 1. The van der Waals surface area contributed by atoms with Gasteiger partial charge in [0.15, 0.2) is 0 Å². The first-order valence-corrected chi connectivity index (χ1v) is 7.52. The maximum Gasteiger partial charge on any atom is 0.120 e. The molecule has 0 saturated carbocycles. The van der Waals surface area contributed by atoms with Crippen LogP contribution in [0.5, 0.6) is 5.75 Å². The molecular formula is C17H14INO. The largest absolute Gasteiger partial charge is 0.489 e. The van der Waals surface area contributed by atoms with E-state index in [1.165, 1.54) is 21.9 Å². The van der Waals surface area contributed by atoms with Crippen molar-refractivity contribution in [2.24, 2.45) is 0 Å². The van der Waals surface area contributed by atoms with E-state index in [0.717, 1.165) is 9.32 Å². The van der Waals surface area contributed by atoms with Crippen molar-refractivity contribution in [2.75, 3.05) is 0 Å². The minimum Gasteiger partial charge on any atom is -0.489 e. The summed E-state index contributed by atoms with van der Waals surface area (Å²) in [5.74, 6) is 0.906. The number of fused-ring (bicyclic) bond motifs is 1. The average Bonchev–Trinajstić information content (AvgIpc) is 2.47. The highest BCUT2D eigenvalue weighted by atomic mass is 127. The van der Waals surface area contributed by atoms with Crippen LogP contribution in [0.25, 0.3) is 10.8 Å². The molecule has 0 saturated heterocycles. The van der Waals surface area contributed by atoms with Crippen LogP contribution in [0.3, 0.4) is 0 Å². The van der Waals surface area contributed by atoms with Crippen molar-refractivity contribution in [1.29, 1.82) is 0 Å². The van der Waals surface area contributed by atoms with Crippen LogP contribution in [0.4, 0.5) is 0 Å². The van der Waals surface area contributed by atoms with Crippen molar-refractivity contribution < 1.29 is 4.74 Å². The lowest BCUT2D eigenvalue weighted by Gasteiger charge is -2.10. The Bertz CT molecular complexity index is 741. The van der Waals surface area contributed by atoms with Gasteiger partial charge in [-0.1, -0.05) is 30.3 Å². The van der Waals surface area contributed by atoms with Crippen molar-refractivity contribution >= 4 is 33.4 Å². The van der Waals surface area contributed by atoms with Gasteiger partial charge in [-0.05, 0) is 52.8 Å². The first-order valence-electron chi connectivity index (χ1n) is 6.44. The Hall–Kier alpha value is -1.62. The van der Waals surface area contributed by atoms with E-state index in [1.807, 2.05) is 30.6 Å². The van der Waals surface area contributed by atoms with Crippen molar-refractivity contribution in [3.8, 4) is 5.75 Å². The van der Waals surface area contributed by atoms with Gasteiger partial charge in [0.05, 0.1) is 0 Å². The van der Waals surface area contributed by atoms with E-state index >= 15 is 0 Å². The van der Waals surface area contributed by atoms with Crippen molar-refractivity contribution in [2.45, 2.75) is 13.5 Å². The molecule has 0 fully saturated rings. The normalized spacial score (nSPS) is 10.7. The lowest BCUT2D eigenvalue weighted by atomic mass is 10.1. The van der Waals surface area contributed by atoms with Gasteiger partial charge in [-0.3, -0.25) is 4.98 Å². The van der Waals surface area contributed by atoms with Crippen LogP contribution in [0, 0.1) is 10.5 Å². The number of ether oxygens (including phenoxy) is 1. The molecule has 0 aliphatic heterocycles. The second-order valence-corrected chi connectivity index (χ2v) is 5.89. The van der Waals surface area contributed by atoms with Gasteiger partial charge in [0.1, 0.15) is 12.4 Å². The molecule has 2 aromatic carbocycles. The first-order chi connectivity index (χ1) is 9.74. The standard InChI is InChI=1S/C17H14INO/c1-12-7-14(20-11-13-5-3-2-4-6-13)8-15-16(12)9-19-10-17(15)18/h2-10H,11H2,1H3. The lowest BCUT2D eigenvalue weighted by molar-refractivity contribution is 0.306. The predicted molar refractivity (Wildman–Crippen MR) is 90.0 cm³/mol. The number of benzene rings is 2. The molecule has 2 nitrogen and oxygen atoms in total. The lowest BCUT2D eigenvalue weighted by Crippen LogP contribution is -1.96. The summed E-state index contributed by atoms with van der Waals surface area (Å²) in [5, 5.41) is 2.38. The van der Waals surface area contributed by atoms with Crippen LogP contribution >= 0.6 is 22.6 Å². The summed E-state index contributed by atoms with van der Waals surface area (Å²) < 4.78 is 7.06. The second-order valence-electron chi connectivity index (χ2n) is 4.73. The Labute approximate surface area is 131 Å². The minimum absolute atomic E-state index is 0.591. The summed E-state index contributed by atoms with van der Waals surface area (Å²) in [6.07, 6.45) is 3.79. The summed E-state index contributed by atoms with van der Waals surface area (Å²) in [6.45, 7) is 2.68. The number of rotatable bonds is 3. The van der Waals surface area contributed by atoms with Gasteiger partial charge in [-0.15, -0.1) is 0 Å². The van der Waals surface area contributed by atoms with Crippen LogP contribution in [0.2, 0.25) is 0 Å². The quantitative estimate of drug-likeness (QED) is 0.618. The molecule has 0 aliphatic carbocycles. The van der Waals surface area contributed by atoms with Gasteiger partial charge < -0.3 is 4.74 Å². The van der Waals surface area contributed by atoms with Crippen LogP contribution in [-0.2, 0) is 6.61 Å². The predicted octanol–water partition coefficient (Wildman–Crippen LogP) is 4.73. The Morgan fingerprint density at radius 1 is 1.05 bits per heavy atom. The van der Waals surface area contributed by atoms with E-state index in [4.69, 9.17) is 4.74 Å². The molecule has 0 N–H and O–H groups in total. The molecule has 0 radical (unpaired) electrons. The molecule has 0 amide bonds. The molecule has 0 unspecified atom stereocenters. The number of hydrogen-bond acceptors (Lipinski definition) is 2. The topological polar surface area (TPSA) is 22.1 Å². The van der Waals surface area contributed by atoms with Gasteiger partial charge in [0.2, 0.25) is 0 Å². The van der Waals surface area contributed by atoms with E-state index in [-0.39, 0.29) is 0 Å². The van der Waals surface area contributed by atoms with Gasteiger partial charge in [-0.2, -0.15) is 0 Å². The smallest absolute Gasteiger partial charge is 0.120 e. The Morgan fingerprint density at radius 2 is 1.85 bits per heavy atom. The molecule has 0 spiro atoms. The highest BCUT2D eigenvalue weighted by Gasteiger charge is 2.05. The molecule has 0 aliphatic rings. The average molecular weight is 375 g/mol. The molecule has 100 valence electrons. The van der Waals surface area contributed by atoms with Crippen LogP contribution in [-0.4, -0.2) is 4.98 Å². The monoisotopic (exact) mass is 375 g/mol. The SMILES string of the molecule is Cc1cc(OCc2ccccc2)cc2c(I)cncc12. The van der Waals surface area contributed by atoms with E-state index in [1.54, 1.807) is 0 Å². The van der Waals surface area contributed by atoms with Crippen LogP contribution < -0.4 is 4.74 Å². The van der Waals surface area contributed by atoms with Crippen molar-refractivity contribution in [3.05, 3.63) is 69.6 Å². The van der Waals surface area contributed by atoms with Crippen molar-refractivity contribution in [3.63, 3.8) is 0 Å². The van der Waals surface area contributed by atoms with Crippen LogP contribution in [0.1, 0.15) is 11.1 Å². The summed E-state index contributed by atoms with van der Waals surface area (Å²) in [7, 11) is 0. The van der Waals surface area contributed by atoms with Gasteiger partial charge in [-0.25, -0.2) is 0 Å². The Kier molecular flexibility index (Phi) is 3.87. The molecule has 0 atom stereocenters. The fraction of sp³-hybridized carbons (Fsp3) is 0.118. The second kappa shape index (κ2) is 5.79. The maximum atomic E-state index is 5.91. The fourth-order valence-corrected chi connectivity index (χ4v) is 2.81. The minimum atomic E-state index is 0.591. The number of halogens is 1. The number of nitrogens with zero attached hydrogens (tertiary/aromatic N) is 1. The summed E-state index contributed by atoms with van der Waals surface area (Å²) in [4.78, 5) is 4.25. The van der Waals surface area contributed by atoms with Gasteiger partial charge >= 0.3 is 0 Å². The molecular weight excluding hydrogens is 361 g/mol. The molecule has 1 heterocycles. The fourth-order valence-electron chi connectivity index (χ4n) is 2.21. The molecule has 3 rings (SSSR count). The van der Waals surface area contributed by atoms with E-state index in [2.05, 4.69) is 58.8 Å². The number of hydrogen-bond donors (Lipinski definition) is 0. The highest BCUT2D eigenvalue weighted by molar-refractivity contribution is 14.1.